The molecule has 2 heterocycles. The van der Waals surface area contributed by atoms with Crippen molar-refractivity contribution >= 4 is 27.5 Å². The quantitative estimate of drug-likeness (QED) is 0.684. The molecule has 0 atom stereocenters. The largest absolute Gasteiger partial charge is 0.336 e. The summed E-state index contributed by atoms with van der Waals surface area (Å²) in [4.78, 5) is 17.4. The van der Waals surface area contributed by atoms with Gasteiger partial charge >= 0.3 is 0 Å². The van der Waals surface area contributed by atoms with Crippen LogP contribution in [0.4, 0.5) is 0 Å². The maximum Gasteiger partial charge on any atom is 0.253 e. The van der Waals surface area contributed by atoms with Crippen molar-refractivity contribution in [3.8, 4) is 0 Å². The van der Waals surface area contributed by atoms with E-state index in [-0.39, 0.29) is 10.8 Å². The highest BCUT2D eigenvalue weighted by molar-refractivity contribution is 7.89. The number of carbonyl (C=O) groups is 1. The molecule has 2 aromatic rings. The zero-order valence-electron chi connectivity index (χ0n) is 17.5. The Labute approximate surface area is 189 Å². The van der Waals surface area contributed by atoms with Crippen LogP contribution in [0.5, 0.6) is 0 Å². The van der Waals surface area contributed by atoms with E-state index in [4.69, 9.17) is 11.6 Å². The molecule has 0 aliphatic carbocycles. The molecular formula is C23H28ClN3O3S. The number of amides is 1. The normalized spacial score (nSPS) is 18.8. The number of piperazine rings is 1. The van der Waals surface area contributed by atoms with Gasteiger partial charge in [-0.2, -0.15) is 4.31 Å². The highest BCUT2D eigenvalue weighted by atomic mass is 35.5. The Morgan fingerprint density at radius 1 is 0.871 bits per heavy atom. The van der Waals surface area contributed by atoms with Crippen LogP contribution in [-0.4, -0.2) is 67.7 Å². The fourth-order valence-corrected chi connectivity index (χ4v) is 5.87. The molecule has 31 heavy (non-hydrogen) atoms. The van der Waals surface area contributed by atoms with Gasteiger partial charge in [0.2, 0.25) is 10.0 Å². The summed E-state index contributed by atoms with van der Waals surface area (Å²) in [7, 11) is -3.55. The van der Waals surface area contributed by atoms with Crippen LogP contribution in [-0.2, 0) is 16.6 Å². The Bertz CT molecular complexity index is 1010. The predicted octanol–water partition coefficient (Wildman–Crippen LogP) is 3.47. The number of hydrogen-bond donors (Lipinski definition) is 0. The van der Waals surface area contributed by atoms with E-state index >= 15 is 0 Å². The lowest BCUT2D eigenvalue weighted by molar-refractivity contribution is 0.0628. The SMILES string of the molecule is O=C(c1cccc(S(=O)(=O)N2CCCCC2)c1)N1CCN(Cc2ccc(Cl)cc2)CC1. The number of nitrogens with zero attached hydrogens (tertiary/aromatic N) is 3. The van der Waals surface area contributed by atoms with Crippen LogP contribution in [0.1, 0.15) is 35.2 Å². The minimum absolute atomic E-state index is 0.109. The first-order valence-corrected chi connectivity index (χ1v) is 12.6. The lowest BCUT2D eigenvalue weighted by Crippen LogP contribution is -2.48. The van der Waals surface area contributed by atoms with E-state index in [1.54, 1.807) is 18.2 Å². The van der Waals surface area contributed by atoms with E-state index in [9.17, 15) is 13.2 Å². The molecule has 0 N–H and O–H groups in total. The van der Waals surface area contributed by atoms with Crippen LogP contribution in [0.25, 0.3) is 0 Å². The smallest absolute Gasteiger partial charge is 0.253 e. The molecule has 166 valence electrons. The molecular weight excluding hydrogens is 434 g/mol. The summed E-state index contributed by atoms with van der Waals surface area (Å²) in [5.41, 5.74) is 1.63. The molecule has 2 aliphatic rings. The molecule has 0 unspecified atom stereocenters. The molecule has 2 fully saturated rings. The maximum absolute atomic E-state index is 13.0. The van der Waals surface area contributed by atoms with Gasteiger partial charge in [-0.25, -0.2) is 8.42 Å². The third-order valence-corrected chi connectivity index (χ3v) is 8.16. The van der Waals surface area contributed by atoms with Gasteiger partial charge in [0, 0.05) is 56.4 Å². The first-order chi connectivity index (χ1) is 14.9. The average Bonchev–Trinajstić information content (AvgIpc) is 2.81. The number of rotatable bonds is 5. The predicted molar refractivity (Wildman–Crippen MR) is 122 cm³/mol. The van der Waals surface area contributed by atoms with E-state index < -0.39 is 10.0 Å². The second kappa shape index (κ2) is 9.69. The van der Waals surface area contributed by atoms with E-state index in [0.717, 1.165) is 43.9 Å². The molecule has 2 aliphatic heterocycles. The number of carbonyl (C=O) groups excluding carboxylic acids is 1. The molecule has 2 aromatic carbocycles. The summed E-state index contributed by atoms with van der Waals surface area (Å²) < 4.78 is 27.5. The number of sulfonamides is 1. The van der Waals surface area contributed by atoms with Crippen molar-refractivity contribution in [2.45, 2.75) is 30.7 Å². The number of hydrogen-bond acceptors (Lipinski definition) is 4. The summed E-state index contributed by atoms with van der Waals surface area (Å²) >= 11 is 5.95. The molecule has 1 amide bonds. The van der Waals surface area contributed by atoms with Crippen LogP contribution in [0.2, 0.25) is 5.02 Å². The second-order valence-electron chi connectivity index (χ2n) is 8.19. The van der Waals surface area contributed by atoms with Crippen LogP contribution < -0.4 is 0 Å². The van der Waals surface area contributed by atoms with Crippen molar-refractivity contribution in [1.29, 1.82) is 0 Å². The van der Waals surface area contributed by atoms with Crippen LogP contribution in [0.3, 0.4) is 0 Å². The van der Waals surface area contributed by atoms with Crippen molar-refractivity contribution in [3.05, 3.63) is 64.7 Å². The Hall–Kier alpha value is -1.93. The fraction of sp³-hybridized carbons (Fsp3) is 0.435. The van der Waals surface area contributed by atoms with Gasteiger partial charge in [-0.3, -0.25) is 9.69 Å². The monoisotopic (exact) mass is 461 g/mol. The third kappa shape index (κ3) is 5.29. The molecule has 4 rings (SSSR count). The van der Waals surface area contributed by atoms with E-state index in [0.29, 0.717) is 31.7 Å². The Balaban J connectivity index is 1.39. The van der Waals surface area contributed by atoms with Gasteiger partial charge in [0.25, 0.3) is 5.91 Å². The van der Waals surface area contributed by atoms with Gasteiger partial charge in [0.05, 0.1) is 4.90 Å². The number of piperidine rings is 1. The van der Waals surface area contributed by atoms with Gasteiger partial charge in [-0.1, -0.05) is 36.2 Å². The average molecular weight is 462 g/mol. The lowest BCUT2D eigenvalue weighted by atomic mass is 10.1. The minimum Gasteiger partial charge on any atom is -0.336 e. The van der Waals surface area contributed by atoms with Gasteiger partial charge in [-0.15, -0.1) is 0 Å². The Kier molecular flexibility index (Phi) is 6.96. The Morgan fingerprint density at radius 3 is 2.23 bits per heavy atom. The topological polar surface area (TPSA) is 60.9 Å². The van der Waals surface area contributed by atoms with E-state index in [1.807, 2.05) is 29.2 Å². The summed E-state index contributed by atoms with van der Waals surface area (Å²) in [5, 5.41) is 0.726. The summed E-state index contributed by atoms with van der Waals surface area (Å²) in [6.45, 7) is 4.72. The van der Waals surface area contributed by atoms with Crippen molar-refractivity contribution in [2.24, 2.45) is 0 Å². The number of halogens is 1. The van der Waals surface area contributed by atoms with Crippen LogP contribution in [0, 0.1) is 0 Å². The van der Waals surface area contributed by atoms with Crippen molar-refractivity contribution in [1.82, 2.24) is 14.1 Å². The zero-order valence-corrected chi connectivity index (χ0v) is 19.1. The molecule has 0 bridgehead atoms. The van der Waals surface area contributed by atoms with E-state index in [1.165, 1.54) is 15.9 Å². The van der Waals surface area contributed by atoms with Gasteiger partial charge in [0.15, 0.2) is 0 Å². The highest BCUT2D eigenvalue weighted by Gasteiger charge is 2.28. The van der Waals surface area contributed by atoms with Crippen LogP contribution in [0.15, 0.2) is 53.4 Å². The molecule has 2 saturated heterocycles. The molecule has 0 spiro atoms. The number of benzene rings is 2. The minimum atomic E-state index is -3.55. The lowest BCUT2D eigenvalue weighted by Gasteiger charge is -2.35. The molecule has 6 nitrogen and oxygen atoms in total. The van der Waals surface area contributed by atoms with Gasteiger partial charge in [-0.05, 0) is 48.7 Å². The standard InChI is InChI=1S/C23H28ClN3O3S/c24-21-9-7-19(8-10-21)18-25-13-15-26(16-14-25)23(28)20-5-4-6-22(17-20)31(29,30)27-11-2-1-3-12-27/h4-10,17H,1-3,11-16,18H2. The Morgan fingerprint density at radius 2 is 1.55 bits per heavy atom. The third-order valence-electron chi connectivity index (χ3n) is 6.01. The highest BCUT2D eigenvalue weighted by Crippen LogP contribution is 2.22. The first kappa shape index (κ1) is 22.3. The maximum atomic E-state index is 13.0. The zero-order chi connectivity index (χ0) is 21.8. The summed E-state index contributed by atoms with van der Waals surface area (Å²) in [6.07, 6.45) is 2.84. The second-order valence-corrected chi connectivity index (χ2v) is 10.6. The first-order valence-electron chi connectivity index (χ1n) is 10.8. The molecule has 0 aromatic heterocycles. The van der Waals surface area contributed by atoms with Gasteiger partial charge < -0.3 is 4.90 Å². The van der Waals surface area contributed by atoms with E-state index in [2.05, 4.69) is 4.90 Å². The molecule has 8 heteroatoms. The summed E-state index contributed by atoms with van der Waals surface area (Å²) in [6, 6.07) is 14.3. The summed E-state index contributed by atoms with van der Waals surface area (Å²) in [5.74, 6) is -0.109. The molecule has 0 radical (unpaired) electrons. The van der Waals surface area contributed by atoms with Crippen LogP contribution >= 0.6 is 11.6 Å². The van der Waals surface area contributed by atoms with Crippen molar-refractivity contribution < 1.29 is 13.2 Å². The fourth-order valence-electron chi connectivity index (χ4n) is 4.18. The van der Waals surface area contributed by atoms with Gasteiger partial charge in [0.1, 0.15) is 0 Å². The molecule has 0 saturated carbocycles. The van der Waals surface area contributed by atoms with Crippen molar-refractivity contribution in [2.75, 3.05) is 39.3 Å². The van der Waals surface area contributed by atoms with Crippen molar-refractivity contribution in [3.63, 3.8) is 0 Å².